The zero-order valence-electron chi connectivity index (χ0n) is 51.2. The maximum atomic E-state index is 5.99. The molecule has 0 atom stereocenters. The Kier molecular flexibility index (Phi) is 13.1. The number of hydrogen-bond donors (Lipinski definition) is 0. The minimum Gasteiger partial charge on any atom is -0.310 e. The van der Waals surface area contributed by atoms with Gasteiger partial charge < -0.3 is 18.9 Å². The molecule has 6 heteroatoms. The van der Waals surface area contributed by atoms with Crippen LogP contribution >= 0.6 is 0 Å². The summed E-state index contributed by atoms with van der Waals surface area (Å²) in [5.41, 5.74) is 22.5. The van der Waals surface area contributed by atoms with Crippen molar-refractivity contribution in [1.82, 2.24) is 19.1 Å². The molecule has 0 aliphatic carbocycles. The van der Waals surface area contributed by atoms with E-state index in [1.807, 2.05) is 0 Å². The van der Waals surface area contributed by atoms with Crippen molar-refractivity contribution in [2.24, 2.45) is 0 Å². The topological polar surface area (TPSA) is 42.1 Å². The SMILES string of the molecule is c1ccc(N(c2ccc(-c3nc4c(-c5cccc6ccccc56)ccc(-c5cccc6ccccc56)c4nc3-c3ccc(N(c4ccccc4)c4ccc5c(c4)c4ccccc4n5-c4ccccc4)cc3)cc2)c2ccc3c(c2)c2ccccc2n3-c2ccccc2)cc1. The van der Waals surface area contributed by atoms with Gasteiger partial charge in [-0.15, -0.1) is 0 Å². The maximum Gasteiger partial charge on any atom is 0.0979 e. The van der Waals surface area contributed by atoms with Gasteiger partial charge in [0, 0.05) is 89.3 Å². The van der Waals surface area contributed by atoms with E-state index in [0.717, 1.165) is 123 Å². The molecule has 18 aromatic rings. The first-order valence-corrected chi connectivity index (χ1v) is 32.0. The average molecular weight is 1200 g/mol. The molecule has 0 N–H and O–H groups in total. The highest BCUT2D eigenvalue weighted by Crippen LogP contribution is 2.46. The predicted octanol–water partition coefficient (Wildman–Crippen LogP) is 23.7. The van der Waals surface area contributed by atoms with E-state index >= 15 is 0 Å². The lowest BCUT2D eigenvalue weighted by atomic mass is 9.91. The van der Waals surface area contributed by atoms with E-state index in [0.29, 0.717) is 0 Å². The fraction of sp³-hybridized carbons (Fsp3) is 0. The Hall–Kier alpha value is -12.6. The van der Waals surface area contributed by atoms with Crippen LogP contribution in [0.1, 0.15) is 0 Å². The number of aromatic nitrogens is 4. The van der Waals surface area contributed by atoms with Gasteiger partial charge in [-0.05, 0) is 154 Å². The van der Waals surface area contributed by atoms with E-state index in [9.17, 15) is 0 Å². The molecule has 0 amide bonds. The van der Waals surface area contributed by atoms with E-state index in [4.69, 9.17) is 9.97 Å². The molecular weight excluding hydrogens is 1140 g/mol. The molecule has 0 aliphatic heterocycles. The molecule has 0 bridgehead atoms. The monoisotopic (exact) mass is 1200 g/mol. The molecule has 18 rings (SSSR count). The van der Waals surface area contributed by atoms with Crippen LogP contribution in [0.5, 0.6) is 0 Å². The van der Waals surface area contributed by atoms with Crippen molar-refractivity contribution < 1.29 is 0 Å². The minimum absolute atomic E-state index is 0.782. The van der Waals surface area contributed by atoms with Crippen molar-refractivity contribution in [3.05, 3.63) is 352 Å². The van der Waals surface area contributed by atoms with Crippen LogP contribution in [-0.2, 0) is 0 Å². The standard InChI is InChI=1S/C88H58N6/c1-5-27-63(28-6-1)91(69-51-55-83-79(57-69)75-37-17-19-41-81(75)93(83)65-31-9-3-10-32-65)67-47-43-61(44-48-67)85-86(90-88-78(74-40-22-26-60-24-14-16-36-72(60)74)54-53-77(87(88)89-85)73-39-21-25-59-23-13-15-35-71(59)73)62-45-49-68(50-46-62)92(64-29-7-2-8-30-64)70-52-56-84-80(58-70)76-38-18-20-42-82(76)94(84)66-33-11-4-12-34-66/h1-58H. The summed E-state index contributed by atoms with van der Waals surface area (Å²) in [6.07, 6.45) is 0. The molecule has 0 aliphatic rings. The number of hydrogen-bond acceptors (Lipinski definition) is 4. The number of fused-ring (bicyclic) bond motifs is 9. The van der Waals surface area contributed by atoms with Gasteiger partial charge in [-0.1, -0.05) is 231 Å². The van der Waals surface area contributed by atoms with Crippen LogP contribution in [0.25, 0.3) is 132 Å². The van der Waals surface area contributed by atoms with Crippen LogP contribution in [0.3, 0.4) is 0 Å². The first-order valence-electron chi connectivity index (χ1n) is 32.0. The third-order valence-electron chi connectivity index (χ3n) is 18.7. The zero-order chi connectivity index (χ0) is 62.1. The molecule has 3 heterocycles. The van der Waals surface area contributed by atoms with Gasteiger partial charge in [0.15, 0.2) is 0 Å². The van der Waals surface area contributed by atoms with Crippen LogP contribution < -0.4 is 9.80 Å². The molecule has 3 aromatic heterocycles. The van der Waals surface area contributed by atoms with Gasteiger partial charge in [0.1, 0.15) is 0 Å². The Morgan fingerprint density at radius 1 is 0.213 bits per heavy atom. The lowest BCUT2D eigenvalue weighted by Crippen LogP contribution is -2.10. The number of nitrogens with zero attached hydrogens (tertiary/aromatic N) is 6. The Labute approximate surface area is 544 Å². The summed E-state index contributed by atoms with van der Waals surface area (Å²) < 4.78 is 4.74. The van der Waals surface area contributed by atoms with Crippen molar-refractivity contribution in [3.63, 3.8) is 0 Å². The Balaban J connectivity index is 0.832. The van der Waals surface area contributed by atoms with E-state index in [1.54, 1.807) is 0 Å². The van der Waals surface area contributed by atoms with Crippen molar-refractivity contribution in [3.8, 4) is 56.1 Å². The van der Waals surface area contributed by atoms with Crippen LogP contribution in [0.15, 0.2) is 352 Å². The van der Waals surface area contributed by atoms with Crippen molar-refractivity contribution >= 4 is 110 Å². The number of rotatable bonds is 12. The van der Waals surface area contributed by atoms with Gasteiger partial charge in [0.05, 0.1) is 44.5 Å². The quantitative estimate of drug-likeness (QED) is 0.122. The molecule has 0 spiro atoms. The normalized spacial score (nSPS) is 11.6. The first-order chi connectivity index (χ1) is 46.6. The fourth-order valence-electron chi connectivity index (χ4n) is 14.4. The second-order valence-corrected chi connectivity index (χ2v) is 24.0. The van der Waals surface area contributed by atoms with Crippen molar-refractivity contribution in [2.45, 2.75) is 0 Å². The fourth-order valence-corrected chi connectivity index (χ4v) is 14.4. The van der Waals surface area contributed by atoms with E-state index in [1.165, 1.54) is 43.4 Å². The van der Waals surface area contributed by atoms with Crippen molar-refractivity contribution in [2.75, 3.05) is 9.80 Å². The van der Waals surface area contributed by atoms with Gasteiger partial charge >= 0.3 is 0 Å². The number of anilines is 6. The Bertz CT molecular complexity index is 5530. The summed E-state index contributed by atoms with van der Waals surface area (Å²) in [7, 11) is 0. The molecule has 0 saturated carbocycles. The molecule has 94 heavy (non-hydrogen) atoms. The van der Waals surface area contributed by atoms with Gasteiger partial charge in [0.25, 0.3) is 0 Å². The highest BCUT2D eigenvalue weighted by atomic mass is 15.1. The maximum absolute atomic E-state index is 5.99. The highest BCUT2D eigenvalue weighted by molar-refractivity contribution is 6.14. The number of benzene rings is 15. The van der Waals surface area contributed by atoms with Crippen LogP contribution in [0.2, 0.25) is 0 Å². The second-order valence-electron chi connectivity index (χ2n) is 24.0. The zero-order valence-corrected chi connectivity index (χ0v) is 51.2. The van der Waals surface area contributed by atoms with Gasteiger partial charge in [0.2, 0.25) is 0 Å². The molecule has 0 fully saturated rings. The molecular formula is C88H58N6. The average Bonchev–Trinajstić information content (AvgIpc) is 1.11. The summed E-state index contributed by atoms with van der Waals surface area (Å²) in [4.78, 5) is 16.7. The summed E-state index contributed by atoms with van der Waals surface area (Å²) in [6.45, 7) is 0. The lowest BCUT2D eigenvalue weighted by Gasteiger charge is -2.26. The van der Waals surface area contributed by atoms with Gasteiger partial charge in [-0.3, -0.25) is 0 Å². The smallest absolute Gasteiger partial charge is 0.0979 e. The van der Waals surface area contributed by atoms with E-state index < -0.39 is 0 Å². The Morgan fingerprint density at radius 3 is 0.947 bits per heavy atom. The largest absolute Gasteiger partial charge is 0.310 e. The molecule has 15 aromatic carbocycles. The molecule has 0 saturated heterocycles. The molecule has 0 radical (unpaired) electrons. The van der Waals surface area contributed by atoms with E-state index in [2.05, 4.69) is 371 Å². The molecule has 6 nitrogen and oxygen atoms in total. The highest BCUT2D eigenvalue weighted by Gasteiger charge is 2.24. The predicted molar refractivity (Wildman–Crippen MR) is 394 cm³/mol. The molecule has 440 valence electrons. The first kappa shape index (κ1) is 54.3. The summed E-state index contributed by atoms with van der Waals surface area (Å²) in [5.74, 6) is 0. The number of para-hydroxylation sites is 6. The van der Waals surface area contributed by atoms with Crippen LogP contribution in [0, 0.1) is 0 Å². The second kappa shape index (κ2) is 22.7. The van der Waals surface area contributed by atoms with Crippen molar-refractivity contribution in [1.29, 1.82) is 0 Å². The van der Waals surface area contributed by atoms with Gasteiger partial charge in [-0.25, -0.2) is 9.97 Å². The van der Waals surface area contributed by atoms with Gasteiger partial charge in [-0.2, -0.15) is 0 Å². The summed E-state index contributed by atoms with van der Waals surface area (Å²) >= 11 is 0. The summed E-state index contributed by atoms with van der Waals surface area (Å²) in [5, 5.41) is 9.41. The molecule has 0 unspecified atom stereocenters. The summed E-state index contributed by atoms with van der Waals surface area (Å²) in [6, 6.07) is 127. The third kappa shape index (κ3) is 9.18. The third-order valence-corrected chi connectivity index (χ3v) is 18.7. The van der Waals surface area contributed by atoms with E-state index in [-0.39, 0.29) is 0 Å². The van der Waals surface area contributed by atoms with Crippen LogP contribution in [-0.4, -0.2) is 19.1 Å². The van der Waals surface area contributed by atoms with Crippen LogP contribution in [0.4, 0.5) is 34.1 Å². The minimum atomic E-state index is 0.782. The lowest BCUT2D eigenvalue weighted by molar-refractivity contribution is 1.18. The Morgan fingerprint density at radius 2 is 0.532 bits per heavy atom.